The summed E-state index contributed by atoms with van der Waals surface area (Å²) < 4.78 is 12.7. The maximum absolute atomic E-state index is 6.34. The summed E-state index contributed by atoms with van der Waals surface area (Å²) in [6, 6.07) is 96.7. The molecule has 16 aromatic rings. The molecule has 6 aliphatic heterocycles. The summed E-state index contributed by atoms with van der Waals surface area (Å²) in [6.07, 6.45) is 0. The Kier molecular flexibility index (Phi) is 78.5. The maximum Gasteiger partial charge on any atom is 0.158 e. The van der Waals surface area contributed by atoms with Crippen LogP contribution in [0.3, 0.4) is 0 Å². The number of nitrogens with zero attached hydrogens (tertiary/aromatic N) is 12. The first-order chi connectivity index (χ1) is 52.2. The molecule has 0 radical (unpaired) electrons. The maximum atomic E-state index is 6.34. The molecule has 8 heterocycles. The Morgan fingerprint density at radius 1 is 0.207 bits per heavy atom. The van der Waals surface area contributed by atoms with E-state index in [2.05, 4.69) is 398 Å². The van der Waals surface area contributed by atoms with Gasteiger partial charge in [0, 0.05) is 624 Å². The van der Waals surface area contributed by atoms with Gasteiger partial charge in [0.2, 0.25) is 0 Å². The van der Waals surface area contributed by atoms with Gasteiger partial charge in [0.1, 0.15) is 11.2 Å². The SMILES string of the molecule is CN1[CH-]N(c2[c-]c(N3[CH-]N(C)c4c3ccc3c4oc4ccccc43)ccc2)c2ccc3c(oc4ccccc43)c21.CN1[CH-]N(c2[c-]c(N3[CH-]N(C)c4c3ccc3ccccc43)ccc2)c2ccc3ccccc3c21.Cc1cc(N2[CH-]N(C)c3cc(C)c(C)cc32)[c-]c(N2[CH-]N(C)c3cc4ccccc4cc32)c1.O.[Os].[Os].[Os].[Os].[Os].[Os].[Os].[Os].[Os].[Os].[Os].[Os].[Os].[Os].[Os].[Os].[Os].[Os].[Os].[Os].[Os].[Os].[Os].[Os].[Os].[Os].[Os]. The van der Waals surface area contributed by atoms with Gasteiger partial charge in [0.25, 0.3) is 0 Å². The van der Waals surface area contributed by atoms with Crippen LogP contribution >= 0.6 is 0 Å². The topological polar surface area (TPSA) is 96.7 Å². The van der Waals surface area contributed by atoms with E-state index >= 15 is 0 Å². The number of fused-ring (bicyclic) bond motifs is 19. The third kappa shape index (κ3) is 30.2. The van der Waals surface area contributed by atoms with Gasteiger partial charge in [-0.3, -0.25) is 0 Å². The van der Waals surface area contributed by atoms with Gasteiger partial charge in [-0.15, -0.1) is 88.7 Å². The van der Waals surface area contributed by atoms with E-state index in [0.717, 1.165) is 101 Å². The van der Waals surface area contributed by atoms with Gasteiger partial charge in [-0.2, -0.15) is 57.7 Å². The molecular formula is C93H75N12O3Os27-9. The molecule has 2 aromatic heterocycles. The molecule has 42 heteroatoms. The molecule has 6 aliphatic rings. The van der Waals surface area contributed by atoms with Crippen LogP contribution in [0.1, 0.15) is 16.7 Å². The minimum atomic E-state index is 0. The van der Waals surface area contributed by atoms with Crippen LogP contribution in [0.25, 0.3) is 76.2 Å². The largest absolute Gasteiger partial charge is 0.504 e. The van der Waals surface area contributed by atoms with Crippen molar-refractivity contribution >= 4 is 179 Å². The first kappa shape index (κ1) is 157. The number of para-hydroxylation sites is 2. The number of benzene rings is 14. The van der Waals surface area contributed by atoms with Crippen LogP contribution in [0.15, 0.2) is 251 Å². The van der Waals surface area contributed by atoms with Crippen LogP contribution in [-0.2, 0) is 534 Å². The smallest absolute Gasteiger partial charge is 0.158 e. The number of hydrogen-bond acceptors (Lipinski definition) is 14. The van der Waals surface area contributed by atoms with Crippen LogP contribution in [0.2, 0.25) is 0 Å². The van der Waals surface area contributed by atoms with E-state index in [0.29, 0.717) is 0 Å². The zero-order chi connectivity index (χ0) is 72.2. The number of hydrogen-bond donors (Lipinski definition) is 0. The van der Waals surface area contributed by atoms with E-state index in [9.17, 15) is 0 Å². The van der Waals surface area contributed by atoms with Crippen LogP contribution in [0.4, 0.5) is 102 Å². The Hall–Kier alpha value is 4.20. The minimum absolute atomic E-state index is 0. The number of aryl methyl sites for hydroxylation is 3. The second-order valence-corrected chi connectivity index (χ2v) is 28.6. The van der Waals surface area contributed by atoms with Crippen molar-refractivity contribution in [3.63, 3.8) is 0 Å². The van der Waals surface area contributed by atoms with Gasteiger partial charge in [-0.25, -0.2) is 0 Å². The molecule has 15 nitrogen and oxygen atoms in total. The average molecular weight is 6540 g/mol. The fourth-order valence-corrected chi connectivity index (χ4v) is 16.5. The van der Waals surface area contributed by atoms with Crippen molar-refractivity contribution in [2.24, 2.45) is 0 Å². The number of rotatable bonds is 6. The van der Waals surface area contributed by atoms with E-state index in [1.54, 1.807) is 0 Å². The predicted molar refractivity (Wildman–Crippen MR) is 448 cm³/mol. The summed E-state index contributed by atoms with van der Waals surface area (Å²) in [5.41, 5.74) is 27.3. The normalized spacial score (nSPS) is 11.8. The minimum Gasteiger partial charge on any atom is -0.504 e. The van der Waals surface area contributed by atoms with E-state index in [1.807, 2.05) is 24.3 Å². The molecule has 0 aliphatic carbocycles. The summed E-state index contributed by atoms with van der Waals surface area (Å²) >= 11 is 0. The third-order valence-corrected chi connectivity index (χ3v) is 21.7. The van der Waals surface area contributed by atoms with Crippen molar-refractivity contribution < 1.29 is 549 Å². The van der Waals surface area contributed by atoms with Crippen LogP contribution in [0.5, 0.6) is 0 Å². The van der Waals surface area contributed by atoms with Crippen molar-refractivity contribution in [2.75, 3.05) is 101 Å². The van der Waals surface area contributed by atoms with Crippen molar-refractivity contribution in [2.45, 2.75) is 20.8 Å². The fraction of sp³-hybridized carbons (Fsp3) is 0.0968. The summed E-state index contributed by atoms with van der Waals surface area (Å²) in [5, 5.41) is 12.0. The number of anilines is 18. The molecule has 0 saturated carbocycles. The Morgan fingerprint density at radius 2 is 0.459 bits per heavy atom. The van der Waals surface area contributed by atoms with Gasteiger partial charge in [-0.1, -0.05) is 128 Å². The summed E-state index contributed by atoms with van der Waals surface area (Å²) in [5.74, 6) is 0. The van der Waals surface area contributed by atoms with E-state index in [-0.39, 0.29) is 540 Å². The monoisotopic (exact) mass is 6590 g/mol. The van der Waals surface area contributed by atoms with Crippen LogP contribution in [0, 0.1) is 79.0 Å². The summed E-state index contributed by atoms with van der Waals surface area (Å²) in [7, 11) is 12.6. The molecule has 0 fully saturated rings. The molecule has 0 amide bonds. The number of furan rings is 2. The van der Waals surface area contributed by atoms with Crippen LogP contribution in [-0.4, -0.2) is 47.8 Å². The Balaban J connectivity index is -0.000000229. The Morgan fingerprint density at radius 3 is 0.815 bits per heavy atom. The molecule has 22 rings (SSSR count). The van der Waals surface area contributed by atoms with Crippen molar-refractivity contribution in [1.29, 1.82) is 0 Å². The molecule has 2 N–H and O–H groups in total. The first-order valence-electron chi connectivity index (χ1n) is 36.1. The van der Waals surface area contributed by atoms with E-state index < -0.39 is 0 Å². The molecular weight excluding hydrogens is 6470 g/mol. The molecule has 0 atom stereocenters. The predicted octanol–water partition coefficient (Wildman–Crippen LogP) is 22.0. The van der Waals surface area contributed by atoms with E-state index in [4.69, 9.17) is 8.83 Å². The van der Waals surface area contributed by atoms with Crippen molar-refractivity contribution in [1.82, 2.24) is 0 Å². The molecule has 0 saturated heterocycles. The van der Waals surface area contributed by atoms with Gasteiger partial charge in [0.05, 0.1) is 11.4 Å². The summed E-state index contributed by atoms with van der Waals surface area (Å²) in [4.78, 5) is 26.4. The average Bonchev–Trinajstić information content (AvgIpc) is 1.57. The molecule has 0 bridgehead atoms. The van der Waals surface area contributed by atoms with Crippen molar-refractivity contribution in [3.05, 3.63) is 318 Å². The molecule has 750 valence electrons. The third-order valence-electron chi connectivity index (χ3n) is 21.7. The quantitative estimate of drug-likeness (QED) is 0.148. The van der Waals surface area contributed by atoms with Crippen LogP contribution < -0.4 is 58.8 Å². The van der Waals surface area contributed by atoms with Crippen molar-refractivity contribution in [3.8, 4) is 0 Å². The van der Waals surface area contributed by atoms with Gasteiger partial charge in [-0.05, 0) is 162 Å². The second-order valence-electron chi connectivity index (χ2n) is 28.6. The Labute approximate surface area is 1150 Å². The Bertz CT molecular complexity index is 6160. The standard InChI is InChI=1S/C34H23N4O2.C30H23N4.C29H27N4.H2O.27Os/c1-35-19-37(27-16-14-25-23-10-3-5-12-29(23)39-33(25)31(27)35)21-8-7-9-22(18-21)38-20-36(2)32-28(38)17-15-26-24-11-4-6-13-30(24)40-34(26)32;1-31-19-33(27-16-14-21-8-3-5-12-25(21)29(27)31)23-10-7-11-24(18-23)34-20-32(2)30-26-13-6-4-9-22(26)15-17-28(30)34;1-19-10-24(32-17-30(4)26-12-20(2)21(3)13-28(26)32)16-25(11-19)33-18-31(5)27-14-22-8-6-7-9-23(22)15-29(27)33;;;;;;;;;;;;;;;;;;;;;;;;;;;;/h3-17,19-20H,1-2H3;3-17,19-20H,1-2H3;6-15,17-18H,1-5H3;1H2;;;;;;;;;;;;;;;;;;;;;;;;;;;/q3*-3;;;;;;;;;;;;;;;;;;;;;;;;;;;;. The zero-order valence-electron chi connectivity index (χ0n) is 70.8. The zero-order valence-corrected chi connectivity index (χ0v) is 139. The second kappa shape index (κ2) is 67.6. The molecule has 0 unspecified atom stereocenters. The van der Waals surface area contributed by atoms with Gasteiger partial charge < -0.3 is 73.1 Å². The van der Waals surface area contributed by atoms with Gasteiger partial charge >= 0.3 is 0 Å². The van der Waals surface area contributed by atoms with E-state index in [1.165, 1.54) is 94.5 Å². The molecule has 135 heavy (non-hydrogen) atoms. The fourth-order valence-electron chi connectivity index (χ4n) is 16.5. The first-order valence-corrected chi connectivity index (χ1v) is 36.1. The summed E-state index contributed by atoms with van der Waals surface area (Å²) in [6.45, 7) is 19.3. The van der Waals surface area contributed by atoms with Gasteiger partial charge in [0.15, 0.2) is 11.2 Å². The molecule has 0 spiro atoms. The molecule has 14 aromatic carbocycles.